The Morgan fingerprint density at radius 2 is 1.87 bits per heavy atom. The van der Waals surface area contributed by atoms with Crippen molar-refractivity contribution >= 4 is 27.1 Å². The van der Waals surface area contributed by atoms with Crippen molar-refractivity contribution in [1.82, 2.24) is 0 Å². The van der Waals surface area contributed by atoms with Crippen molar-refractivity contribution in [3.63, 3.8) is 0 Å². The Morgan fingerprint density at radius 3 is 2.39 bits per heavy atom. The van der Waals surface area contributed by atoms with Crippen LogP contribution in [0.2, 0.25) is 0 Å². The Kier molecular flexibility index (Phi) is 4.82. The molecule has 0 aromatic heterocycles. The molecule has 0 atom stereocenters. The zero-order chi connectivity index (χ0) is 17.0. The molecule has 9 heteroatoms. The van der Waals surface area contributed by atoms with E-state index in [2.05, 4.69) is 5.32 Å². The first kappa shape index (κ1) is 16.7. The Labute approximate surface area is 133 Å². The van der Waals surface area contributed by atoms with Gasteiger partial charge in [-0.15, -0.1) is 0 Å². The molecule has 122 valence electrons. The van der Waals surface area contributed by atoms with Gasteiger partial charge < -0.3 is 10.1 Å². The van der Waals surface area contributed by atoms with Gasteiger partial charge in [-0.2, -0.15) is 0 Å². The third-order valence-electron chi connectivity index (χ3n) is 2.94. The molecule has 2 rings (SSSR count). The van der Waals surface area contributed by atoms with Gasteiger partial charge in [0.1, 0.15) is 11.4 Å². The van der Waals surface area contributed by atoms with Crippen molar-refractivity contribution in [3.8, 4) is 5.75 Å². The summed E-state index contributed by atoms with van der Waals surface area (Å²) in [6, 6.07) is 10.3. The predicted molar refractivity (Wildman–Crippen MR) is 85.4 cm³/mol. The number of hydrogen-bond acceptors (Lipinski definition) is 6. The average Bonchev–Trinajstić information content (AvgIpc) is 2.48. The highest BCUT2D eigenvalue weighted by Crippen LogP contribution is 2.30. The molecule has 0 saturated heterocycles. The maximum absolute atomic E-state index is 11.3. The van der Waals surface area contributed by atoms with Gasteiger partial charge in [0.15, 0.2) is 0 Å². The summed E-state index contributed by atoms with van der Waals surface area (Å²) in [5.41, 5.74) is 0.372. The van der Waals surface area contributed by atoms with E-state index in [1.807, 2.05) is 6.92 Å². The maximum atomic E-state index is 11.3. The van der Waals surface area contributed by atoms with Crippen LogP contribution in [0.4, 0.5) is 17.1 Å². The number of nitrogens with zero attached hydrogens (tertiary/aromatic N) is 1. The minimum Gasteiger partial charge on any atom is -0.494 e. The summed E-state index contributed by atoms with van der Waals surface area (Å²) in [7, 11) is -4.01. The summed E-state index contributed by atoms with van der Waals surface area (Å²) in [6.07, 6.45) is 0. The van der Waals surface area contributed by atoms with Gasteiger partial charge in [-0.25, -0.2) is 13.6 Å². The normalized spacial score (nSPS) is 11.0. The number of nitro groups is 1. The maximum Gasteiger partial charge on any atom is 0.294 e. The standard InChI is InChI=1S/C14H15N3O5S/c1-2-22-11-5-3-10(4-6-11)16-13-8-7-12(23(15,20)21)9-14(13)17(18)19/h3-9,16H,2H2,1H3,(H2,15,20,21). The molecule has 0 bridgehead atoms. The molecule has 23 heavy (non-hydrogen) atoms. The minimum atomic E-state index is -4.01. The molecule has 0 spiro atoms. The van der Waals surface area contributed by atoms with Gasteiger partial charge in [-0.05, 0) is 43.3 Å². The van der Waals surface area contributed by atoms with E-state index in [0.29, 0.717) is 18.0 Å². The van der Waals surface area contributed by atoms with E-state index in [1.54, 1.807) is 24.3 Å². The van der Waals surface area contributed by atoms with Crippen LogP contribution < -0.4 is 15.2 Å². The van der Waals surface area contributed by atoms with Gasteiger partial charge in [-0.1, -0.05) is 0 Å². The van der Waals surface area contributed by atoms with Crippen LogP contribution in [0.5, 0.6) is 5.75 Å². The van der Waals surface area contributed by atoms with Gasteiger partial charge in [0.25, 0.3) is 5.69 Å². The topological polar surface area (TPSA) is 125 Å². The highest BCUT2D eigenvalue weighted by molar-refractivity contribution is 7.89. The molecule has 0 aliphatic heterocycles. The molecule has 8 nitrogen and oxygen atoms in total. The van der Waals surface area contributed by atoms with Crippen LogP contribution in [0, 0.1) is 10.1 Å². The number of nitrogens with one attached hydrogen (secondary N) is 1. The second-order valence-corrected chi connectivity index (χ2v) is 6.12. The monoisotopic (exact) mass is 337 g/mol. The molecule has 2 aromatic carbocycles. The summed E-state index contributed by atoms with van der Waals surface area (Å²) < 4.78 is 27.9. The quantitative estimate of drug-likeness (QED) is 0.616. The van der Waals surface area contributed by atoms with E-state index in [4.69, 9.17) is 9.88 Å². The number of benzene rings is 2. The molecule has 0 aliphatic carbocycles. The third kappa shape index (κ3) is 4.18. The first-order valence-corrected chi connectivity index (χ1v) is 8.17. The van der Waals surface area contributed by atoms with Gasteiger partial charge >= 0.3 is 0 Å². The number of sulfonamides is 1. The number of rotatable bonds is 6. The Bertz CT molecular complexity index is 819. The molecule has 0 aliphatic rings. The largest absolute Gasteiger partial charge is 0.494 e. The number of nitrogens with two attached hydrogens (primary N) is 1. The number of nitro benzene ring substituents is 1. The van der Waals surface area contributed by atoms with Crippen molar-refractivity contribution in [2.75, 3.05) is 11.9 Å². The van der Waals surface area contributed by atoms with Crippen LogP contribution in [-0.2, 0) is 10.0 Å². The van der Waals surface area contributed by atoms with Crippen LogP contribution in [0.3, 0.4) is 0 Å². The van der Waals surface area contributed by atoms with Crippen molar-refractivity contribution in [3.05, 3.63) is 52.6 Å². The van der Waals surface area contributed by atoms with Crippen molar-refractivity contribution in [2.24, 2.45) is 5.14 Å². The number of anilines is 2. The summed E-state index contributed by atoms with van der Waals surface area (Å²) in [5, 5.41) is 19.0. The number of hydrogen-bond donors (Lipinski definition) is 2. The molecule has 0 amide bonds. The second-order valence-electron chi connectivity index (χ2n) is 4.56. The summed E-state index contributed by atoms with van der Waals surface area (Å²) in [6.45, 7) is 2.40. The van der Waals surface area contributed by atoms with Crippen LogP contribution in [0.25, 0.3) is 0 Å². The van der Waals surface area contributed by atoms with E-state index in [9.17, 15) is 18.5 Å². The van der Waals surface area contributed by atoms with Gasteiger partial charge in [-0.3, -0.25) is 10.1 Å². The summed E-state index contributed by atoms with van der Waals surface area (Å²) in [5.74, 6) is 0.678. The van der Waals surface area contributed by atoms with Gasteiger partial charge in [0.2, 0.25) is 10.0 Å². The SMILES string of the molecule is CCOc1ccc(Nc2ccc(S(N)(=O)=O)cc2[N+](=O)[O-])cc1. The van der Waals surface area contributed by atoms with Crippen LogP contribution in [-0.4, -0.2) is 19.9 Å². The molecule has 0 heterocycles. The summed E-state index contributed by atoms with van der Waals surface area (Å²) >= 11 is 0. The van der Waals surface area contributed by atoms with Gasteiger partial charge in [0.05, 0.1) is 16.4 Å². The van der Waals surface area contributed by atoms with Crippen molar-refractivity contribution in [1.29, 1.82) is 0 Å². The lowest BCUT2D eigenvalue weighted by Crippen LogP contribution is -2.12. The lowest BCUT2D eigenvalue weighted by Gasteiger charge is -2.09. The molecular weight excluding hydrogens is 322 g/mol. The Hall–Kier alpha value is -2.65. The van der Waals surface area contributed by atoms with Crippen LogP contribution in [0.1, 0.15) is 6.92 Å². The molecular formula is C14H15N3O5S. The van der Waals surface area contributed by atoms with Crippen molar-refractivity contribution in [2.45, 2.75) is 11.8 Å². The molecule has 0 saturated carbocycles. The summed E-state index contributed by atoms with van der Waals surface area (Å²) in [4.78, 5) is 10.1. The first-order valence-electron chi connectivity index (χ1n) is 6.62. The fourth-order valence-electron chi connectivity index (χ4n) is 1.90. The van der Waals surface area contributed by atoms with Crippen LogP contribution >= 0.6 is 0 Å². The van der Waals surface area contributed by atoms with Gasteiger partial charge in [0, 0.05) is 11.8 Å². The highest BCUT2D eigenvalue weighted by Gasteiger charge is 2.19. The second kappa shape index (κ2) is 6.63. The lowest BCUT2D eigenvalue weighted by molar-refractivity contribution is -0.384. The minimum absolute atomic E-state index is 0.159. The molecule has 2 aromatic rings. The zero-order valence-electron chi connectivity index (χ0n) is 12.2. The van der Waals surface area contributed by atoms with E-state index >= 15 is 0 Å². The zero-order valence-corrected chi connectivity index (χ0v) is 13.0. The number of ether oxygens (including phenoxy) is 1. The number of primary sulfonamides is 1. The fourth-order valence-corrected chi connectivity index (χ4v) is 2.44. The first-order chi connectivity index (χ1) is 10.8. The molecule has 0 fully saturated rings. The molecule has 3 N–H and O–H groups in total. The van der Waals surface area contributed by atoms with E-state index in [-0.39, 0.29) is 16.3 Å². The molecule has 0 radical (unpaired) electrons. The van der Waals surface area contributed by atoms with Crippen LogP contribution in [0.15, 0.2) is 47.4 Å². The van der Waals surface area contributed by atoms with Crippen molar-refractivity contribution < 1.29 is 18.1 Å². The smallest absolute Gasteiger partial charge is 0.294 e. The van der Waals surface area contributed by atoms with E-state index in [1.165, 1.54) is 12.1 Å². The average molecular weight is 337 g/mol. The van der Waals surface area contributed by atoms with E-state index in [0.717, 1.165) is 6.07 Å². The highest BCUT2D eigenvalue weighted by atomic mass is 32.2. The molecule has 0 unspecified atom stereocenters. The fraction of sp³-hybridized carbons (Fsp3) is 0.143. The Balaban J connectivity index is 2.33. The van der Waals surface area contributed by atoms with E-state index < -0.39 is 14.9 Å². The predicted octanol–water partition coefficient (Wildman–Crippen LogP) is 2.38. The third-order valence-corrected chi connectivity index (χ3v) is 3.85. The lowest BCUT2D eigenvalue weighted by atomic mass is 10.2. The Morgan fingerprint density at radius 1 is 1.22 bits per heavy atom.